The minimum absolute atomic E-state index is 0.544. The average molecular weight is 333 g/mol. The van der Waals surface area contributed by atoms with Gasteiger partial charge in [0.1, 0.15) is 12.4 Å². The fourth-order valence-electron chi connectivity index (χ4n) is 1.43. The van der Waals surface area contributed by atoms with Crippen molar-refractivity contribution in [1.29, 1.82) is 0 Å². The van der Waals surface area contributed by atoms with E-state index >= 15 is 0 Å². The summed E-state index contributed by atoms with van der Waals surface area (Å²) in [6.07, 6.45) is 0. The molecule has 0 aliphatic carbocycles. The third-order valence-corrected chi connectivity index (χ3v) is 3.01. The van der Waals surface area contributed by atoms with Crippen LogP contribution in [0.2, 0.25) is 0 Å². The van der Waals surface area contributed by atoms with Gasteiger partial charge >= 0.3 is 0 Å². The maximum absolute atomic E-state index is 5.66. The van der Waals surface area contributed by atoms with Crippen molar-refractivity contribution in [2.24, 2.45) is 0 Å². The van der Waals surface area contributed by atoms with Crippen LogP contribution in [-0.2, 0) is 19.5 Å². The zero-order valence-corrected chi connectivity index (χ0v) is 12.9. The van der Waals surface area contributed by atoms with Gasteiger partial charge in [0.25, 0.3) is 0 Å². The third kappa shape index (κ3) is 7.52. The van der Waals surface area contributed by atoms with Crippen LogP contribution in [0.15, 0.2) is 24.3 Å². The first-order valence-electron chi connectivity index (χ1n) is 6.29. The van der Waals surface area contributed by atoms with E-state index in [4.69, 9.17) is 18.9 Å². The van der Waals surface area contributed by atoms with Crippen molar-refractivity contribution in [1.82, 2.24) is 0 Å². The second-order valence-electron chi connectivity index (χ2n) is 3.81. The van der Waals surface area contributed by atoms with Crippen LogP contribution in [0.25, 0.3) is 0 Å². The summed E-state index contributed by atoms with van der Waals surface area (Å²) in [5.41, 5.74) is 1.14. The van der Waals surface area contributed by atoms with Crippen molar-refractivity contribution in [2.75, 3.05) is 46.8 Å². The summed E-state index contributed by atoms with van der Waals surface area (Å²) in [6, 6.07) is 7.96. The first-order chi connectivity index (χ1) is 9.38. The van der Waals surface area contributed by atoms with Crippen molar-refractivity contribution >= 4 is 15.9 Å². The molecule has 0 fully saturated rings. The standard InChI is InChI=1S/C14H21BrO4/c1-16-6-7-17-8-9-18-10-11-19-14-5-3-2-4-13(14)12-15/h2-5H,6-12H2,1H3. The van der Waals surface area contributed by atoms with Crippen molar-refractivity contribution in [3.8, 4) is 5.75 Å². The highest BCUT2D eigenvalue weighted by atomic mass is 79.9. The summed E-state index contributed by atoms with van der Waals surface area (Å²) < 4.78 is 21.2. The molecular formula is C14H21BrO4. The summed E-state index contributed by atoms with van der Waals surface area (Å²) in [7, 11) is 1.65. The molecule has 0 N–H and O–H groups in total. The second-order valence-corrected chi connectivity index (χ2v) is 4.37. The number of ether oxygens (including phenoxy) is 4. The van der Waals surface area contributed by atoms with Crippen molar-refractivity contribution in [2.45, 2.75) is 5.33 Å². The highest BCUT2D eigenvalue weighted by molar-refractivity contribution is 9.08. The van der Waals surface area contributed by atoms with E-state index in [-0.39, 0.29) is 0 Å². The summed E-state index contributed by atoms with van der Waals surface area (Å²) in [5.74, 6) is 0.902. The fraction of sp³-hybridized carbons (Fsp3) is 0.571. The van der Waals surface area contributed by atoms with E-state index in [9.17, 15) is 0 Å². The summed E-state index contributed by atoms with van der Waals surface area (Å²) in [5, 5.41) is 0.789. The lowest BCUT2D eigenvalue weighted by Gasteiger charge is -2.10. The SMILES string of the molecule is COCCOCCOCCOc1ccccc1CBr. The first kappa shape index (κ1) is 16.4. The van der Waals surface area contributed by atoms with Gasteiger partial charge in [0.15, 0.2) is 0 Å². The number of hydrogen-bond donors (Lipinski definition) is 0. The molecule has 0 aliphatic rings. The number of hydrogen-bond acceptors (Lipinski definition) is 4. The normalized spacial score (nSPS) is 10.6. The molecule has 1 rings (SSSR count). The van der Waals surface area contributed by atoms with Gasteiger partial charge in [0.05, 0.1) is 33.0 Å². The Morgan fingerprint density at radius 1 is 0.895 bits per heavy atom. The number of alkyl halides is 1. The van der Waals surface area contributed by atoms with Crippen LogP contribution >= 0.6 is 15.9 Å². The molecule has 0 unspecified atom stereocenters. The molecule has 0 bridgehead atoms. The van der Waals surface area contributed by atoms with Gasteiger partial charge in [-0.3, -0.25) is 0 Å². The molecule has 19 heavy (non-hydrogen) atoms. The first-order valence-corrected chi connectivity index (χ1v) is 7.41. The lowest BCUT2D eigenvalue weighted by Crippen LogP contribution is -2.12. The molecule has 1 aromatic carbocycles. The number of para-hydroxylation sites is 1. The van der Waals surface area contributed by atoms with Gasteiger partial charge in [-0.05, 0) is 6.07 Å². The van der Waals surface area contributed by atoms with Crippen molar-refractivity contribution in [3.05, 3.63) is 29.8 Å². The minimum Gasteiger partial charge on any atom is -0.491 e. The molecule has 0 aromatic heterocycles. The van der Waals surface area contributed by atoms with Gasteiger partial charge in [-0.15, -0.1) is 0 Å². The van der Waals surface area contributed by atoms with Crippen LogP contribution in [0.1, 0.15) is 5.56 Å². The molecule has 0 aliphatic heterocycles. The van der Waals surface area contributed by atoms with Gasteiger partial charge in [0.2, 0.25) is 0 Å². The molecule has 0 saturated carbocycles. The Hall–Kier alpha value is -0.620. The molecular weight excluding hydrogens is 312 g/mol. The molecule has 0 saturated heterocycles. The minimum atomic E-state index is 0.544. The number of benzene rings is 1. The lowest BCUT2D eigenvalue weighted by molar-refractivity contribution is 0.0179. The van der Waals surface area contributed by atoms with Gasteiger partial charge in [-0.25, -0.2) is 0 Å². The predicted octanol–water partition coefficient (Wildman–Crippen LogP) is 2.64. The summed E-state index contributed by atoms with van der Waals surface area (Å²) in [6.45, 7) is 3.49. The van der Waals surface area contributed by atoms with E-state index in [1.54, 1.807) is 7.11 Å². The van der Waals surface area contributed by atoms with Gasteiger partial charge in [-0.1, -0.05) is 34.1 Å². The number of methoxy groups -OCH3 is 1. The second kappa shape index (κ2) is 11.2. The van der Waals surface area contributed by atoms with E-state index < -0.39 is 0 Å². The van der Waals surface area contributed by atoms with E-state index in [0.717, 1.165) is 16.6 Å². The predicted molar refractivity (Wildman–Crippen MR) is 78.1 cm³/mol. The Labute approximate surface area is 123 Å². The zero-order chi connectivity index (χ0) is 13.8. The molecule has 0 spiro atoms. The van der Waals surface area contributed by atoms with E-state index in [2.05, 4.69) is 15.9 Å². The summed E-state index contributed by atoms with van der Waals surface area (Å²) >= 11 is 3.43. The molecule has 4 nitrogen and oxygen atoms in total. The maximum atomic E-state index is 5.66. The van der Waals surface area contributed by atoms with E-state index in [1.165, 1.54) is 0 Å². The molecule has 1 aromatic rings. The van der Waals surface area contributed by atoms with Crippen LogP contribution in [-0.4, -0.2) is 46.8 Å². The quantitative estimate of drug-likeness (QED) is 0.461. The Balaban J connectivity index is 2.01. The van der Waals surface area contributed by atoms with Gasteiger partial charge in [-0.2, -0.15) is 0 Å². The highest BCUT2D eigenvalue weighted by Gasteiger charge is 2.00. The fourth-order valence-corrected chi connectivity index (χ4v) is 1.89. The van der Waals surface area contributed by atoms with Gasteiger partial charge < -0.3 is 18.9 Å². The van der Waals surface area contributed by atoms with Crippen LogP contribution in [0.5, 0.6) is 5.75 Å². The molecule has 5 heteroatoms. The number of halogens is 1. The van der Waals surface area contributed by atoms with Crippen molar-refractivity contribution < 1.29 is 18.9 Å². The van der Waals surface area contributed by atoms with Gasteiger partial charge in [0, 0.05) is 18.0 Å². The van der Waals surface area contributed by atoms with E-state index in [1.807, 2.05) is 24.3 Å². The molecule has 0 amide bonds. The topological polar surface area (TPSA) is 36.9 Å². The largest absolute Gasteiger partial charge is 0.491 e. The monoisotopic (exact) mass is 332 g/mol. The Morgan fingerprint density at radius 2 is 1.53 bits per heavy atom. The lowest BCUT2D eigenvalue weighted by atomic mass is 10.2. The smallest absolute Gasteiger partial charge is 0.123 e. The average Bonchev–Trinajstić information content (AvgIpc) is 2.46. The van der Waals surface area contributed by atoms with Crippen LogP contribution in [0.4, 0.5) is 0 Å². The van der Waals surface area contributed by atoms with Crippen molar-refractivity contribution in [3.63, 3.8) is 0 Å². The Kier molecular flexibility index (Phi) is 9.71. The van der Waals surface area contributed by atoms with Crippen LogP contribution < -0.4 is 4.74 Å². The number of rotatable bonds is 11. The zero-order valence-electron chi connectivity index (χ0n) is 11.3. The molecule has 108 valence electrons. The van der Waals surface area contributed by atoms with Crippen LogP contribution in [0.3, 0.4) is 0 Å². The van der Waals surface area contributed by atoms with Crippen LogP contribution in [0, 0.1) is 0 Å². The molecule has 0 heterocycles. The summed E-state index contributed by atoms with van der Waals surface area (Å²) in [4.78, 5) is 0. The van der Waals surface area contributed by atoms with E-state index in [0.29, 0.717) is 39.6 Å². The Bertz CT molecular complexity index is 333. The third-order valence-electron chi connectivity index (χ3n) is 2.41. The highest BCUT2D eigenvalue weighted by Crippen LogP contribution is 2.20. The maximum Gasteiger partial charge on any atom is 0.123 e. The Morgan fingerprint density at radius 3 is 2.21 bits per heavy atom. The molecule has 0 atom stereocenters. The molecule has 0 radical (unpaired) electrons.